The molecule has 3 heteroatoms. The minimum atomic E-state index is 0.308. The number of hydrogen-bond acceptors (Lipinski definition) is 3. The molecule has 2 nitrogen and oxygen atoms in total. The smallest absolute Gasteiger partial charge is 0.0388 e. The van der Waals surface area contributed by atoms with Crippen molar-refractivity contribution in [3.63, 3.8) is 0 Å². The van der Waals surface area contributed by atoms with E-state index in [-0.39, 0.29) is 0 Å². The van der Waals surface area contributed by atoms with Crippen molar-refractivity contribution >= 4 is 11.3 Å². The average molecular weight is 254 g/mol. The number of nitrogens with zero attached hydrogens (tertiary/aromatic N) is 1. The summed E-state index contributed by atoms with van der Waals surface area (Å²) in [6.07, 6.45) is 0. The Kier molecular flexibility index (Phi) is 5.17. The van der Waals surface area contributed by atoms with E-state index in [9.17, 15) is 0 Å². The molecule has 0 saturated heterocycles. The molecule has 1 heterocycles. The third kappa shape index (κ3) is 4.78. The maximum Gasteiger partial charge on any atom is 0.0388 e. The van der Waals surface area contributed by atoms with Crippen molar-refractivity contribution < 1.29 is 0 Å². The molecule has 98 valence electrons. The molecule has 1 N–H and O–H groups in total. The van der Waals surface area contributed by atoms with Crippen LogP contribution >= 0.6 is 11.3 Å². The molecular weight excluding hydrogens is 228 g/mol. The molecule has 1 aromatic heterocycles. The van der Waals surface area contributed by atoms with Gasteiger partial charge in [0.1, 0.15) is 0 Å². The Hall–Kier alpha value is -0.380. The molecule has 1 atom stereocenters. The molecule has 0 aliphatic carbocycles. The van der Waals surface area contributed by atoms with Crippen LogP contribution in [0.15, 0.2) is 11.4 Å². The molecule has 1 rings (SSSR count). The van der Waals surface area contributed by atoms with Crippen LogP contribution in [0.4, 0.5) is 0 Å². The van der Waals surface area contributed by atoms with Gasteiger partial charge in [-0.2, -0.15) is 0 Å². The summed E-state index contributed by atoms with van der Waals surface area (Å²) in [5, 5.41) is 5.83. The molecule has 0 spiro atoms. The Balaban J connectivity index is 2.48. The summed E-state index contributed by atoms with van der Waals surface area (Å²) in [6, 6.07) is 2.65. The molecule has 0 aliphatic heterocycles. The van der Waals surface area contributed by atoms with Gasteiger partial charge < -0.3 is 10.2 Å². The van der Waals surface area contributed by atoms with E-state index < -0.39 is 0 Å². The number of nitrogens with one attached hydrogen (secondary N) is 1. The fourth-order valence-electron chi connectivity index (χ4n) is 2.26. The van der Waals surface area contributed by atoms with Gasteiger partial charge in [-0.25, -0.2) is 0 Å². The minimum absolute atomic E-state index is 0.308. The summed E-state index contributed by atoms with van der Waals surface area (Å²) in [5.41, 5.74) is 1.71. The highest BCUT2D eigenvalue weighted by Gasteiger charge is 2.20. The Labute approximate surface area is 110 Å². The Morgan fingerprint density at radius 3 is 2.53 bits per heavy atom. The number of rotatable bonds is 6. The van der Waals surface area contributed by atoms with E-state index in [1.54, 1.807) is 0 Å². The van der Waals surface area contributed by atoms with Gasteiger partial charge in [-0.1, -0.05) is 13.8 Å². The molecule has 0 fully saturated rings. The minimum Gasteiger partial charge on any atom is -0.309 e. The lowest BCUT2D eigenvalue weighted by molar-refractivity contribution is 0.227. The first kappa shape index (κ1) is 14.7. The van der Waals surface area contributed by atoms with E-state index in [2.05, 4.69) is 63.5 Å². The van der Waals surface area contributed by atoms with Crippen LogP contribution in [0.5, 0.6) is 0 Å². The van der Waals surface area contributed by atoms with Crippen LogP contribution in [0.3, 0.4) is 0 Å². The SMILES string of the molecule is Cc1ccsc1C(C)NCC(C)(C)CN(C)C. The fraction of sp³-hybridized carbons (Fsp3) is 0.714. The number of hydrogen-bond donors (Lipinski definition) is 1. The summed E-state index contributed by atoms with van der Waals surface area (Å²) >= 11 is 1.85. The average Bonchev–Trinajstić information content (AvgIpc) is 2.59. The summed E-state index contributed by atoms with van der Waals surface area (Å²) in [7, 11) is 4.27. The molecule has 0 saturated carbocycles. The second-order valence-electron chi connectivity index (χ2n) is 5.97. The standard InChI is InChI=1S/C14H26N2S/c1-11-7-8-17-13(11)12(2)15-9-14(3,4)10-16(5)6/h7-8,12,15H,9-10H2,1-6H3. The Bertz CT molecular complexity index is 342. The predicted molar refractivity (Wildman–Crippen MR) is 77.8 cm³/mol. The van der Waals surface area contributed by atoms with E-state index in [0.717, 1.165) is 13.1 Å². The molecule has 0 amide bonds. The molecular formula is C14H26N2S. The lowest BCUT2D eigenvalue weighted by atomic mass is 9.92. The highest BCUT2D eigenvalue weighted by Crippen LogP contribution is 2.24. The summed E-state index contributed by atoms with van der Waals surface area (Å²) in [4.78, 5) is 3.72. The highest BCUT2D eigenvalue weighted by atomic mass is 32.1. The predicted octanol–water partition coefficient (Wildman–Crippen LogP) is 3.29. The topological polar surface area (TPSA) is 15.3 Å². The summed E-state index contributed by atoms with van der Waals surface area (Å²) in [6.45, 7) is 11.2. The summed E-state index contributed by atoms with van der Waals surface area (Å²) < 4.78 is 0. The summed E-state index contributed by atoms with van der Waals surface area (Å²) in [5.74, 6) is 0. The number of aryl methyl sites for hydroxylation is 1. The first-order chi connectivity index (χ1) is 7.82. The van der Waals surface area contributed by atoms with Crippen molar-refractivity contribution in [3.05, 3.63) is 21.9 Å². The van der Waals surface area contributed by atoms with Crippen LogP contribution in [0.25, 0.3) is 0 Å². The first-order valence-electron chi connectivity index (χ1n) is 6.24. The van der Waals surface area contributed by atoms with Gasteiger partial charge in [-0.15, -0.1) is 11.3 Å². The van der Waals surface area contributed by atoms with Crippen LogP contribution in [0.1, 0.15) is 37.3 Å². The van der Waals surface area contributed by atoms with Gasteiger partial charge in [0, 0.05) is 24.0 Å². The van der Waals surface area contributed by atoms with Gasteiger partial charge in [-0.05, 0) is 50.4 Å². The maximum absolute atomic E-state index is 3.66. The zero-order chi connectivity index (χ0) is 13.1. The lowest BCUT2D eigenvalue weighted by Gasteiger charge is -2.30. The van der Waals surface area contributed by atoms with Crippen molar-refractivity contribution in [3.8, 4) is 0 Å². The van der Waals surface area contributed by atoms with E-state index in [4.69, 9.17) is 0 Å². The van der Waals surface area contributed by atoms with Gasteiger partial charge in [0.2, 0.25) is 0 Å². The molecule has 0 aromatic carbocycles. The van der Waals surface area contributed by atoms with Crippen molar-refractivity contribution in [2.75, 3.05) is 27.2 Å². The van der Waals surface area contributed by atoms with Crippen LogP contribution < -0.4 is 5.32 Å². The zero-order valence-electron chi connectivity index (χ0n) is 12.0. The third-order valence-corrected chi connectivity index (χ3v) is 4.13. The number of thiophene rings is 1. The molecule has 1 unspecified atom stereocenters. The van der Waals surface area contributed by atoms with E-state index in [0.29, 0.717) is 11.5 Å². The van der Waals surface area contributed by atoms with Crippen LogP contribution in [-0.4, -0.2) is 32.1 Å². The van der Waals surface area contributed by atoms with Gasteiger partial charge in [0.15, 0.2) is 0 Å². The third-order valence-electron chi connectivity index (χ3n) is 2.93. The Morgan fingerprint density at radius 2 is 2.06 bits per heavy atom. The fourth-order valence-corrected chi connectivity index (χ4v) is 3.22. The molecule has 0 radical (unpaired) electrons. The Morgan fingerprint density at radius 1 is 1.41 bits per heavy atom. The molecule has 0 bridgehead atoms. The van der Waals surface area contributed by atoms with Gasteiger partial charge >= 0.3 is 0 Å². The van der Waals surface area contributed by atoms with E-state index in [1.165, 1.54) is 10.4 Å². The van der Waals surface area contributed by atoms with Crippen molar-refractivity contribution in [1.29, 1.82) is 0 Å². The second-order valence-corrected chi connectivity index (χ2v) is 6.92. The first-order valence-corrected chi connectivity index (χ1v) is 7.12. The van der Waals surface area contributed by atoms with Gasteiger partial charge in [0.25, 0.3) is 0 Å². The highest BCUT2D eigenvalue weighted by molar-refractivity contribution is 7.10. The van der Waals surface area contributed by atoms with Crippen LogP contribution in [0, 0.1) is 12.3 Å². The van der Waals surface area contributed by atoms with Crippen molar-refractivity contribution in [1.82, 2.24) is 10.2 Å². The second kappa shape index (κ2) is 5.98. The van der Waals surface area contributed by atoms with Gasteiger partial charge in [0.05, 0.1) is 0 Å². The van der Waals surface area contributed by atoms with Crippen molar-refractivity contribution in [2.45, 2.75) is 33.7 Å². The lowest BCUT2D eigenvalue weighted by Crippen LogP contribution is -2.38. The van der Waals surface area contributed by atoms with E-state index in [1.807, 2.05) is 11.3 Å². The zero-order valence-corrected chi connectivity index (χ0v) is 12.8. The van der Waals surface area contributed by atoms with Gasteiger partial charge in [-0.3, -0.25) is 0 Å². The monoisotopic (exact) mass is 254 g/mol. The molecule has 1 aromatic rings. The molecule has 17 heavy (non-hydrogen) atoms. The van der Waals surface area contributed by atoms with Crippen LogP contribution in [-0.2, 0) is 0 Å². The largest absolute Gasteiger partial charge is 0.309 e. The molecule has 0 aliphatic rings. The van der Waals surface area contributed by atoms with E-state index >= 15 is 0 Å². The van der Waals surface area contributed by atoms with Crippen LogP contribution in [0.2, 0.25) is 0 Å². The maximum atomic E-state index is 3.66. The van der Waals surface area contributed by atoms with Crippen molar-refractivity contribution in [2.24, 2.45) is 5.41 Å². The normalized spacial score (nSPS) is 14.3. The quantitative estimate of drug-likeness (QED) is 0.838.